The van der Waals surface area contributed by atoms with Gasteiger partial charge in [0.25, 0.3) is 10.0 Å². The zero-order chi connectivity index (χ0) is 16.3. The molecule has 23 heavy (non-hydrogen) atoms. The highest BCUT2D eigenvalue weighted by atomic mass is 32.2. The minimum atomic E-state index is -3.88. The van der Waals surface area contributed by atoms with Crippen molar-refractivity contribution in [2.24, 2.45) is 11.8 Å². The molecule has 2 aliphatic rings. The molecule has 0 aromatic heterocycles. The molecule has 0 unspecified atom stereocenters. The largest absolute Gasteiger partial charge is 0.492 e. The Bertz CT molecular complexity index is 671. The van der Waals surface area contributed by atoms with Gasteiger partial charge in [0.15, 0.2) is 0 Å². The smallest absolute Gasteiger partial charge is 0.267 e. The number of carbonyl (C=O) groups is 1. The SMILES string of the molecule is O=C1NS(=O)(=O)c2ccccc2OCCCCCCC[C@@H]2C[C@H]12. The zero-order valence-corrected chi connectivity index (χ0v) is 14.0. The summed E-state index contributed by atoms with van der Waals surface area (Å²) in [4.78, 5) is 12.2. The highest BCUT2D eigenvalue weighted by Gasteiger charge is 2.43. The third kappa shape index (κ3) is 4.05. The highest BCUT2D eigenvalue weighted by Crippen LogP contribution is 2.43. The Balaban J connectivity index is 1.81. The minimum Gasteiger partial charge on any atom is -0.492 e. The number of rotatable bonds is 0. The van der Waals surface area contributed by atoms with E-state index in [9.17, 15) is 13.2 Å². The first-order valence-corrected chi connectivity index (χ1v) is 9.85. The quantitative estimate of drug-likeness (QED) is 0.790. The van der Waals surface area contributed by atoms with Crippen LogP contribution in [0.2, 0.25) is 0 Å². The van der Waals surface area contributed by atoms with Gasteiger partial charge in [0.2, 0.25) is 5.91 Å². The van der Waals surface area contributed by atoms with E-state index in [1.807, 2.05) is 0 Å². The molecule has 1 aromatic carbocycles. The normalized spacial score (nSPS) is 28.1. The molecule has 0 spiro atoms. The van der Waals surface area contributed by atoms with Crippen LogP contribution in [-0.4, -0.2) is 20.9 Å². The average Bonchev–Trinajstić information content (AvgIpc) is 3.29. The molecule has 6 heteroatoms. The Labute approximate surface area is 137 Å². The lowest BCUT2D eigenvalue weighted by Crippen LogP contribution is -2.32. The van der Waals surface area contributed by atoms with Crippen LogP contribution in [0.5, 0.6) is 5.75 Å². The summed E-state index contributed by atoms with van der Waals surface area (Å²) in [5, 5.41) is 0. The molecule has 126 valence electrons. The van der Waals surface area contributed by atoms with Crippen molar-refractivity contribution in [2.45, 2.75) is 49.8 Å². The molecule has 1 saturated carbocycles. The summed E-state index contributed by atoms with van der Waals surface area (Å²) in [5.41, 5.74) is 0. The van der Waals surface area contributed by atoms with Gasteiger partial charge in [-0.05, 0) is 37.3 Å². The third-order valence-corrected chi connectivity index (χ3v) is 6.00. The van der Waals surface area contributed by atoms with Crippen molar-refractivity contribution in [3.05, 3.63) is 24.3 Å². The molecule has 1 heterocycles. The van der Waals surface area contributed by atoms with Crippen molar-refractivity contribution in [3.63, 3.8) is 0 Å². The van der Waals surface area contributed by atoms with E-state index in [0.29, 0.717) is 18.3 Å². The fraction of sp³-hybridized carbons (Fsp3) is 0.588. The van der Waals surface area contributed by atoms with Crippen molar-refractivity contribution >= 4 is 15.9 Å². The molecule has 1 N–H and O–H groups in total. The fourth-order valence-electron chi connectivity index (χ4n) is 3.16. The van der Waals surface area contributed by atoms with Crippen LogP contribution in [0.4, 0.5) is 0 Å². The standard InChI is InChI=1S/C17H23NO4S/c19-17-14-12-13(14)8-4-2-1-3-7-11-22-15-9-5-6-10-16(15)23(20,21)18-17/h5-6,9-10,13-14H,1-4,7-8,11-12H2,(H,18,19)/t13-,14+/m1/s1. The molecular formula is C17H23NO4S. The van der Waals surface area contributed by atoms with Gasteiger partial charge in [0, 0.05) is 5.92 Å². The lowest BCUT2D eigenvalue weighted by atomic mass is 10.1. The molecule has 0 bridgehead atoms. The number of fused-ring (bicyclic) bond motifs is 2. The Morgan fingerprint density at radius 2 is 1.78 bits per heavy atom. The van der Waals surface area contributed by atoms with E-state index in [0.717, 1.165) is 38.5 Å². The monoisotopic (exact) mass is 337 g/mol. The van der Waals surface area contributed by atoms with Gasteiger partial charge in [-0.15, -0.1) is 0 Å². The Kier molecular flexibility index (Phi) is 4.90. The maximum absolute atomic E-state index is 12.5. The van der Waals surface area contributed by atoms with Crippen molar-refractivity contribution in [2.75, 3.05) is 6.61 Å². The second-order valence-electron chi connectivity index (χ2n) is 6.42. The molecule has 1 amide bonds. The maximum Gasteiger partial charge on any atom is 0.267 e. The molecule has 0 saturated heterocycles. The molecular weight excluding hydrogens is 314 g/mol. The van der Waals surface area contributed by atoms with Crippen LogP contribution in [0, 0.1) is 11.8 Å². The van der Waals surface area contributed by atoms with E-state index in [1.165, 1.54) is 12.5 Å². The molecule has 1 aromatic rings. The first-order valence-electron chi connectivity index (χ1n) is 8.36. The summed E-state index contributed by atoms with van der Waals surface area (Å²) in [6.07, 6.45) is 7.26. The topological polar surface area (TPSA) is 72.5 Å². The third-order valence-electron chi connectivity index (χ3n) is 4.61. The zero-order valence-electron chi connectivity index (χ0n) is 13.2. The fourth-order valence-corrected chi connectivity index (χ4v) is 4.34. The minimum absolute atomic E-state index is 0.0421. The van der Waals surface area contributed by atoms with Gasteiger partial charge >= 0.3 is 0 Å². The van der Waals surface area contributed by atoms with Crippen LogP contribution in [-0.2, 0) is 14.8 Å². The Hall–Kier alpha value is -1.56. The molecule has 1 aliphatic heterocycles. The number of amides is 1. The van der Waals surface area contributed by atoms with E-state index >= 15 is 0 Å². The lowest BCUT2D eigenvalue weighted by molar-refractivity contribution is -0.120. The number of nitrogens with one attached hydrogen (secondary N) is 1. The van der Waals surface area contributed by atoms with E-state index in [2.05, 4.69) is 4.72 Å². The number of carbonyl (C=O) groups excluding carboxylic acids is 1. The van der Waals surface area contributed by atoms with Crippen LogP contribution in [0.15, 0.2) is 29.2 Å². The van der Waals surface area contributed by atoms with Crippen LogP contribution >= 0.6 is 0 Å². The van der Waals surface area contributed by atoms with E-state index in [1.54, 1.807) is 18.2 Å². The number of hydrogen-bond donors (Lipinski definition) is 1. The van der Waals surface area contributed by atoms with Crippen LogP contribution in [0.25, 0.3) is 0 Å². The van der Waals surface area contributed by atoms with Gasteiger partial charge in [-0.25, -0.2) is 13.1 Å². The lowest BCUT2D eigenvalue weighted by Gasteiger charge is -2.12. The van der Waals surface area contributed by atoms with E-state index in [4.69, 9.17) is 4.74 Å². The van der Waals surface area contributed by atoms with Gasteiger partial charge in [-0.3, -0.25) is 4.79 Å². The van der Waals surface area contributed by atoms with Gasteiger partial charge in [-0.2, -0.15) is 0 Å². The molecule has 0 radical (unpaired) electrons. The number of ether oxygens (including phenoxy) is 1. The first kappa shape index (κ1) is 16.3. The summed E-state index contributed by atoms with van der Waals surface area (Å²) in [6, 6.07) is 6.49. The Morgan fingerprint density at radius 1 is 1.04 bits per heavy atom. The second-order valence-corrected chi connectivity index (χ2v) is 8.07. The summed E-state index contributed by atoms with van der Waals surface area (Å²) in [5.74, 6) is 0.138. The number of hydrogen-bond acceptors (Lipinski definition) is 4. The molecule has 2 atom stereocenters. The van der Waals surface area contributed by atoms with Crippen molar-refractivity contribution < 1.29 is 17.9 Å². The summed E-state index contributed by atoms with van der Waals surface area (Å²) in [7, 11) is -3.88. The number of benzene rings is 1. The van der Waals surface area contributed by atoms with Crippen LogP contribution in [0.1, 0.15) is 44.9 Å². The van der Waals surface area contributed by atoms with Crippen molar-refractivity contribution in [1.82, 2.24) is 4.72 Å². The van der Waals surface area contributed by atoms with E-state index < -0.39 is 10.0 Å². The van der Waals surface area contributed by atoms with Crippen LogP contribution < -0.4 is 9.46 Å². The van der Waals surface area contributed by atoms with Crippen molar-refractivity contribution in [3.8, 4) is 5.75 Å². The van der Waals surface area contributed by atoms with Crippen molar-refractivity contribution in [1.29, 1.82) is 0 Å². The van der Waals surface area contributed by atoms with Gasteiger partial charge in [0.1, 0.15) is 10.6 Å². The van der Waals surface area contributed by atoms with Gasteiger partial charge in [-0.1, -0.05) is 37.8 Å². The highest BCUT2D eigenvalue weighted by molar-refractivity contribution is 7.90. The summed E-state index contributed by atoms with van der Waals surface area (Å²) < 4.78 is 32.9. The number of sulfonamides is 1. The second kappa shape index (κ2) is 6.91. The average molecular weight is 337 g/mol. The Morgan fingerprint density at radius 3 is 2.65 bits per heavy atom. The number of para-hydroxylation sites is 1. The molecule has 1 fully saturated rings. The van der Waals surface area contributed by atoms with Gasteiger partial charge in [0.05, 0.1) is 6.61 Å². The van der Waals surface area contributed by atoms with Crippen LogP contribution in [0.3, 0.4) is 0 Å². The predicted octanol–water partition coefficient (Wildman–Crippen LogP) is 2.86. The molecule has 1 aliphatic carbocycles. The maximum atomic E-state index is 12.5. The summed E-state index contributed by atoms with van der Waals surface area (Å²) >= 11 is 0. The van der Waals surface area contributed by atoms with Gasteiger partial charge < -0.3 is 4.74 Å². The molecule has 5 nitrogen and oxygen atoms in total. The van der Waals surface area contributed by atoms with E-state index in [-0.39, 0.29) is 16.7 Å². The predicted molar refractivity (Wildman–Crippen MR) is 86.6 cm³/mol. The summed E-state index contributed by atoms with van der Waals surface area (Å²) in [6.45, 7) is 0.492. The molecule has 3 rings (SSSR count). The first-order chi connectivity index (χ1) is 11.1.